The van der Waals surface area contributed by atoms with Gasteiger partial charge in [-0.3, -0.25) is 9.59 Å². The van der Waals surface area contributed by atoms with Crippen LogP contribution in [0.4, 0.5) is 0 Å². The second kappa shape index (κ2) is 6.18. The number of nitrogens with one attached hydrogen (secondary N) is 2. The van der Waals surface area contributed by atoms with Gasteiger partial charge in [-0.15, -0.1) is 11.3 Å². The number of thiophene rings is 1. The first-order chi connectivity index (χ1) is 12.1. The van der Waals surface area contributed by atoms with E-state index in [-0.39, 0.29) is 11.5 Å². The Morgan fingerprint density at radius 1 is 1.32 bits per heavy atom. The van der Waals surface area contributed by atoms with Crippen LogP contribution < -0.4 is 10.9 Å². The third-order valence-electron chi connectivity index (χ3n) is 4.26. The van der Waals surface area contributed by atoms with Gasteiger partial charge in [-0.05, 0) is 30.0 Å². The van der Waals surface area contributed by atoms with Crippen LogP contribution in [0, 0.1) is 6.92 Å². The molecule has 0 fully saturated rings. The molecule has 0 aliphatic rings. The molecule has 0 aliphatic heterocycles. The van der Waals surface area contributed by atoms with Gasteiger partial charge in [0.25, 0.3) is 11.5 Å². The van der Waals surface area contributed by atoms with Crippen molar-refractivity contribution in [1.29, 1.82) is 0 Å². The second-order valence-electron chi connectivity index (χ2n) is 5.79. The molecule has 0 saturated carbocycles. The number of carbonyl (C=O) groups is 1. The molecule has 1 aromatic carbocycles. The number of rotatable bonds is 4. The van der Waals surface area contributed by atoms with Crippen molar-refractivity contribution in [3.63, 3.8) is 0 Å². The molecule has 0 spiro atoms. The highest BCUT2D eigenvalue weighted by atomic mass is 32.1. The molecule has 0 unspecified atom stereocenters. The van der Waals surface area contributed by atoms with E-state index in [9.17, 15) is 9.59 Å². The zero-order chi connectivity index (χ0) is 17.4. The lowest BCUT2D eigenvalue weighted by atomic mass is 10.2. The van der Waals surface area contributed by atoms with Crippen molar-refractivity contribution in [2.24, 2.45) is 0 Å². The van der Waals surface area contributed by atoms with Crippen molar-refractivity contribution in [2.75, 3.05) is 6.54 Å². The van der Waals surface area contributed by atoms with Crippen molar-refractivity contribution in [3.8, 4) is 0 Å². The smallest absolute Gasteiger partial charge is 0.261 e. The van der Waals surface area contributed by atoms with E-state index in [1.165, 1.54) is 23.1 Å². The lowest BCUT2D eigenvalue weighted by Gasteiger charge is -2.07. The molecular formula is C18H16N4O2S. The predicted molar refractivity (Wildman–Crippen MR) is 99.2 cm³/mol. The quantitative estimate of drug-likeness (QED) is 0.593. The Bertz CT molecular complexity index is 1140. The van der Waals surface area contributed by atoms with E-state index in [1.807, 2.05) is 18.3 Å². The summed E-state index contributed by atoms with van der Waals surface area (Å²) < 4.78 is 2.11. The summed E-state index contributed by atoms with van der Waals surface area (Å²) in [4.78, 5) is 32.2. The molecule has 4 aromatic rings. The highest BCUT2D eigenvalue weighted by molar-refractivity contribution is 7.20. The Kier molecular flexibility index (Phi) is 3.85. The summed E-state index contributed by atoms with van der Waals surface area (Å²) in [6.07, 6.45) is 3.38. The van der Waals surface area contributed by atoms with Gasteiger partial charge in [0.15, 0.2) is 0 Å². The molecule has 0 atom stereocenters. The number of aryl methyl sites for hydroxylation is 1. The molecule has 2 N–H and O–H groups in total. The molecular weight excluding hydrogens is 336 g/mol. The van der Waals surface area contributed by atoms with Gasteiger partial charge >= 0.3 is 0 Å². The Hall–Kier alpha value is -2.93. The van der Waals surface area contributed by atoms with Crippen LogP contribution in [0.1, 0.15) is 15.2 Å². The van der Waals surface area contributed by atoms with E-state index in [4.69, 9.17) is 0 Å². The minimum Gasteiger partial charge on any atom is -0.350 e. The number of hydrogen-bond acceptors (Lipinski definition) is 4. The van der Waals surface area contributed by atoms with Gasteiger partial charge in [-0.25, -0.2) is 4.98 Å². The van der Waals surface area contributed by atoms with Crippen LogP contribution in [0.25, 0.3) is 21.1 Å². The maximum absolute atomic E-state index is 12.5. The van der Waals surface area contributed by atoms with Gasteiger partial charge in [-0.1, -0.05) is 18.2 Å². The van der Waals surface area contributed by atoms with Crippen molar-refractivity contribution >= 4 is 38.4 Å². The first kappa shape index (κ1) is 15.6. The molecule has 0 saturated heterocycles. The van der Waals surface area contributed by atoms with Crippen LogP contribution in [0.5, 0.6) is 0 Å². The highest BCUT2D eigenvalue weighted by Gasteiger charge is 2.17. The standard InChI is InChI=1S/C18H16N4O2S/c1-11-14-16(23)20-10-21-18(14)25-15(11)17(24)19-7-9-22-8-6-12-4-2-3-5-13(12)22/h2-6,8,10H,7,9H2,1H3,(H,19,24)(H,20,21,23). The van der Waals surface area contributed by atoms with Gasteiger partial charge < -0.3 is 14.9 Å². The summed E-state index contributed by atoms with van der Waals surface area (Å²) in [5.74, 6) is -0.170. The van der Waals surface area contributed by atoms with Crippen LogP contribution in [-0.2, 0) is 6.54 Å². The fourth-order valence-electron chi connectivity index (χ4n) is 3.00. The fourth-order valence-corrected chi connectivity index (χ4v) is 4.07. The summed E-state index contributed by atoms with van der Waals surface area (Å²) in [5, 5.41) is 4.61. The molecule has 6 nitrogen and oxygen atoms in total. The summed E-state index contributed by atoms with van der Waals surface area (Å²) in [5.41, 5.74) is 1.61. The van der Waals surface area contributed by atoms with Crippen LogP contribution in [0.2, 0.25) is 0 Å². The predicted octanol–water partition coefficient (Wildman–Crippen LogP) is 2.68. The maximum atomic E-state index is 12.5. The first-order valence-electron chi connectivity index (χ1n) is 7.94. The molecule has 25 heavy (non-hydrogen) atoms. The van der Waals surface area contributed by atoms with Gasteiger partial charge in [0.2, 0.25) is 0 Å². The number of para-hydroxylation sites is 1. The van der Waals surface area contributed by atoms with Gasteiger partial charge in [0.05, 0.1) is 16.6 Å². The van der Waals surface area contributed by atoms with E-state index in [2.05, 4.69) is 38.1 Å². The van der Waals surface area contributed by atoms with Crippen LogP contribution in [0.15, 0.2) is 47.7 Å². The van der Waals surface area contributed by atoms with Gasteiger partial charge in [-0.2, -0.15) is 0 Å². The zero-order valence-corrected chi connectivity index (χ0v) is 14.4. The molecule has 7 heteroatoms. The summed E-state index contributed by atoms with van der Waals surface area (Å²) in [6.45, 7) is 2.97. The molecule has 1 amide bonds. The van der Waals surface area contributed by atoms with Gasteiger partial charge in [0, 0.05) is 24.8 Å². The van der Waals surface area contributed by atoms with Gasteiger partial charge in [0.1, 0.15) is 4.83 Å². The molecule has 0 radical (unpaired) electrons. The van der Waals surface area contributed by atoms with Crippen molar-refractivity contribution in [2.45, 2.75) is 13.5 Å². The third-order valence-corrected chi connectivity index (χ3v) is 5.46. The SMILES string of the molecule is Cc1c(C(=O)NCCn2ccc3ccccc32)sc2nc[nH]c(=O)c12. The average molecular weight is 352 g/mol. The van der Waals surface area contributed by atoms with E-state index in [0.717, 1.165) is 5.52 Å². The van der Waals surface area contributed by atoms with Crippen LogP contribution >= 0.6 is 11.3 Å². The largest absolute Gasteiger partial charge is 0.350 e. The topological polar surface area (TPSA) is 79.8 Å². The van der Waals surface area contributed by atoms with Crippen LogP contribution in [0.3, 0.4) is 0 Å². The van der Waals surface area contributed by atoms with Crippen LogP contribution in [-0.4, -0.2) is 27.0 Å². The lowest BCUT2D eigenvalue weighted by Crippen LogP contribution is -2.26. The summed E-state index contributed by atoms with van der Waals surface area (Å²) >= 11 is 1.25. The minimum atomic E-state index is -0.211. The normalized spacial score (nSPS) is 11.2. The number of aromatic nitrogens is 3. The van der Waals surface area contributed by atoms with Crippen molar-refractivity contribution in [1.82, 2.24) is 19.9 Å². The number of amides is 1. The molecule has 3 aromatic heterocycles. The first-order valence-corrected chi connectivity index (χ1v) is 8.75. The zero-order valence-electron chi connectivity index (χ0n) is 13.6. The number of hydrogen-bond donors (Lipinski definition) is 2. The number of fused-ring (bicyclic) bond motifs is 2. The number of aromatic amines is 1. The molecule has 3 heterocycles. The van der Waals surface area contributed by atoms with E-state index in [1.54, 1.807) is 6.92 Å². The summed E-state index contributed by atoms with van der Waals surface area (Å²) in [7, 11) is 0. The molecule has 4 rings (SSSR count). The van der Waals surface area contributed by atoms with Crippen molar-refractivity contribution in [3.05, 3.63) is 63.7 Å². The molecule has 0 bridgehead atoms. The Balaban J connectivity index is 1.50. The van der Waals surface area contributed by atoms with Crippen molar-refractivity contribution < 1.29 is 4.79 Å². The Morgan fingerprint density at radius 2 is 2.16 bits per heavy atom. The fraction of sp³-hybridized carbons (Fsp3) is 0.167. The molecule has 126 valence electrons. The third kappa shape index (κ3) is 2.72. The number of H-pyrrole nitrogens is 1. The monoisotopic (exact) mass is 352 g/mol. The van der Waals surface area contributed by atoms with E-state index >= 15 is 0 Å². The average Bonchev–Trinajstić information content (AvgIpc) is 3.17. The number of benzene rings is 1. The molecule has 0 aliphatic carbocycles. The lowest BCUT2D eigenvalue weighted by molar-refractivity contribution is 0.0956. The number of carbonyl (C=O) groups excluding carboxylic acids is 1. The van der Waals surface area contributed by atoms with E-state index < -0.39 is 0 Å². The minimum absolute atomic E-state index is 0.170. The van der Waals surface area contributed by atoms with E-state index in [0.29, 0.717) is 33.7 Å². The Morgan fingerprint density at radius 3 is 3.00 bits per heavy atom. The highest BCUT2D eigenvalue weighted by Crippen LogP contribution is 2.26. The number of nitrogens with zero attached hydrogens (tertiary/aromatic N) is 2. The maximum Gasteiger partial charge on any atom is 0.261 e. The summed E-state index contributed by atoms with van der Waals surface area (Å²) in [6, 6.07) is 10.2. The second-order valence-corrected chi connectivity index (χ2v) is 6.79. The Labute approximate surface area is 147 Å².